The molecule has 424 valence electrons. The summed E-state index contributed by atoms with van der Waals surface area (Å²) >= 11 is 0. The van der Waals surface area contributed by atoms with Crippen LogP contribution in [0.25, 0.3) is 0 Å². The van der Waals surface area contributed by atoms with Gasteiger partial charge in [-0.3, -0.25) is 14.4 Å². The van der Waals surface area contributed by atoms with Crippen LogP contribution in [0, 0.1) is 0 Å². The van der Waals surface area contributed by atoms with Crippen LogP contribution in [0.5, 0.6) is 0 Å². The molecule has 0 N–H and O–H groups in total. The first-order chi connectivity index (χ1) is 36.5. The molecular weight excluding hydrogens is 913 g/mol. The van der Waals surface area contributed by atoms with Gasteiger partial charge >= 0.3 is 17.9 Å². The maximum Gasteiger partial charge on any atom is 0.306 e. The summed E-state index contributed by atoms with van der Waals surface area (Å²) in [7, 11) is 0. The van der Waals surface area contributed by atoms with E-state index in [0.717, 1.165) is 109 Å². The summed E-state index contributed by atoms with van der Waals surface area (Å²) in [5.74, 6) is -0.932. The largest absolute Gasteiger partial charge is 0.462 e. The van der Waals surface area contributed by atoms with Crippen molar-refractivity contribution in [3.8, 4) is 0 Å². The normalized spacial score (nSPS) is 12.7. The average molecular weight is 1030 g/mol. The van der Waals surface area contributed by atoms with Crippen molar-refractivity contribution in [3.05, 3.63) is 97.2 Å². The van der Waals surface area contributed by atoms with Crippen molar-refractivity contribution in [1.82, 2.24) is 0 Å². The van der Waals surface area contributed by atoms with Gasteiger partial charge in [0.15, 0.2) is 6.10 Å². The molecule has 0 bridgehead atoms. The Morgan fingerprint density at radius 3 is 0.824 bits per heavy atom. The number of rotatable bonds is 56. The number of allylic oxidation sites excluding steroid dienone is 16. The molecule has 0 saturated carbocycles. The summed E-state index contributed by atoms with van der Waals surface area (Å²) in [5, 5.41) is 0. The smallest absolute Gasteiger partial charge is 0.306 e. The van der Waals surface area contributed by atoms with Crippen molar-refractivity contribution in [2.24, 2.45) is 0 Å². The van der Waals surface area contributed by atoms with E-state index in [1.165, 1.54) is 148 Å². The highest BCUT2D eigenvalue weighted by atomic mass is 16.6. The van der Waals surface area contributed by atoms with Crippen LogP contribution in [0.3, 0.4) is 0 Å². The molecule has 1 atom stereocenters. The van der Waals surface area contributed by atoms with Crippen molar-refractivity contribution >= 4 is 17.9 Å². The van der Waals surface area contributed by atoms with Crippen LogP contribution >= 0.6 is 0 Å². The average Bonchev–Trinajstić information content (AvgIpc) is 3.40. The second-order valence-electron chi connectivity index (χ2n) is 20.6. The zero-order valence-corrected chi connectivity index (χ0v) is 48.6. The summed E-state index contributed by atoms with van der Waals surface area (Å²) in [5.41, 5.74) is 0. The predicted octanol–water partition coefficient (Wildman–Crippen LogP) is 21.3. The molecule has 0 aliphatic rings. The number of carbonyl (C=O) groups is 3. The minimum Gasteiger partial charge on any atom is -0.462 e. The van der Waals surface area contributed by atoms with Crippen LogP contribution < -0.4 is 0 Å². The van der Waals surface area contributed by atoms with Gasteiger partial charge < -0.3 is 14.2 Å². The number of hydrogen-bond acceptors (Lipinski definition) is 6. The summed E-state index contributed by atoms with van der Waals surface area (Å²) in [4.78, 5) is 38.0. The fourth-order valence-corrected chi connectivity index (χ4v) is 8.69. The van der Waals surface area contributed by atoms with Crippen LogP contribution in [-0.2, 0) is 28.6 Å². The Kier molecular flexibility index (Phi) is 58.8. The zero-order chi connectivity index (χ0) is 53.6. The van der Waals surface area contributed by atoms with E-state index in [9.17, 15) is 14.4 Å². The quantitative estimate of drug-likeness (QED) is 0.0261. The monoisotopic (exact) mass is 1030 g/mol. The number of hydrogen-bond donors (Lipinski definition) is 0. The molecule has 6 nitrogen and oxygen atoms in total. The second-order valence-corrected chi connectivity index (χ2v) is 20.6. The van der Waals surface area contributed by atoms with Crippen LogP contribution in [0.4, 0.5) is 0 Å². The van der Waals surface area contributed by atoms with Crippen LogP contribution in [0.2, 0.25) is 0 Å². The van der Waals surface area contributed by atoms with Crippen molar-refractivity contribution in [2.45, 2.75) is 303 Å². The van der Waals surface area contributed by atoms with E-state index in [0.29, 0.717) is 19.3 Å². The highest BCUT2D eigenvalue weighted by Gasteiger charge is 2.19. The van der Waals surface area contributed by atoms with Gasteiger partial charge in [-0.05, 0) is 83.5 Å². The number of esters is 3. The van der Waals surface area contributed by atoms with Crippen molar-refractivity contribution in [2.75, 3.05) is 13.2 Å². The van der Waals surface area contributed by atoms with Gasteiger partial charge in [0.1, 0.15) is 13.2 Å². The Labute approximate surface area is 457 Å². The second kappa shape index (κ2) is 61.9. The summed E-state index contributed by atoms with van der Waals surface area (Å²) in [6.07, 6.45) is 83.0. The molecule has 1 unspecified atom stereocenters. The molecule has 74 heavy (non-hydrogen) atoms. The summed E-state index contributed by atoms with van der Waals surface area (Å²) in [6, 6.07) is 0. The number of ether oxygens (including phenoxy) is 3. The lowest BCUT2D eigenvalue weighted by Crippen LogP contribution is -2.30. The van der Waals surface area contributed by atoms with Crippen molar-refractivity contribution < 1.29 is 28.6 Å². The molecule has 0 aromatic rings. The van der Waals surface area contributed by atoms with Gasteiger partial charge in [-0.15, -0.1) is 0 Å². The molecule has 0 amide bonds. The standard InChI is InChI=1S/C68H116O6/c1-4-7-10-13-16-18-20-22-24-26-28-30-32-33-34-35-36-38-39-41-43-45-47-49-52-55-58-61-67(70)73-64-65(63-72-66(69)60-57-54-51-15-12-9-6-3)74-68(71)62-59-56-53-50-48-46-44-42-40-37-31-29-27-25-23-21-19-17-14-11-8-5-2/h7,10,16,18,22,24,28,30,33-34,36,38,41,43,47,49,65H,4-6,8-9,11-15,17,19-21,23,25-27,29,31-32,35,37,39-40,42,44-46,48,50-64H2,1-3H3/b10-7-,18-16-,24-22-,30-28-,34-33-,38-36-,43-41-,49-47-. The molecule has 6 heteroatoms. The molecule has 0 aliphatic heterocycles. The Hall–Kier alpha value is -3.67. The van der Waals surface area contributed by atoms with Gasteiger partial charge in [0, 0.05) is 19.3 Å². The minimum absolute atomic E-state index is 0.0889. The Morgan fingerprint density at radius 1 is 0.284 bits per heavy atom. The first-order valence-corrected chi connectivity index (χ1v) is 31.2. The van der Waals surface area contributed by atoms with E-state index in [4.69, 9.17) is 14.2 Å². The van der Waals surface area contributed by atoms with Gasteiger partial charge in [-0.25, -0.2) is 0 Å². The third-order valence-corrected chi connectivity index (χ3v) is 13.4. The molecule has 0 radical (unpaired) electrons. The molecule has 0 rings (SSSR count). The lowest BCUT2D eigenvalue weighted by molar-refractivity contribution is -0.167. The molecule has 0 aromatic heterocycles. The molecular formula is C68H116O6. The van der Waals surface area contributed by atoms with Crippen LogP contribution in [0.15, 0.2) is 97.2 Å². The van der Waals surface area contributed by atoms with E-state index in [1.807, 2.05) is 0 Å². The van der Waals surface area contributed by atoms with E-state index >= 15 is 0 Å². The number of carbonyl (C=O) groups excluding carboxylic acids is 3. The van der Waals surface area contributed by atoms with Gasteiger partial charge in [-0.1, -0.05) is 291 Å². The van der Waals surface area contributed by atoms with Gasteiger partial charge in [0.05, 0.1) is 0 Å². The highest BCUT2D eigenvalue weighted by molar-refractivity contribution is 5.71. The fraction of sp³-hybridized carbons (Fsp3) is 0.721. The van der Waals surface area contributed by atoms with Gasteiger partial charge in [0.25, 0.3) is 0 Å². The molecule has 0 fully saturated rings. The lowest BCUT2D eigenvalue weighted by atomic mass is 10.0. The Bertz CT molecular complexity index is 1460. The number of unbranched alkanes of at least 4 members (excludes halogenated alkanes) is 29. The van der Waals surface area contributed by atoms with Crippen molar-refractivity contribution in [3.63, 3.8) is 0 Å². The fourth-order valence-electron chi connectivity index (χ4n) is 8.69. The first-order valence-electron chi connectivity index (χ1n) is 31.2. The third-order valence-electron chi connectivity index (χ3n) is 13.4. The molecule has 0 aromatic carbocycles. The molecule has 0 heterocycles. The van der Waals surface area contributed by atoms with E-state index in [1.54, 1.807) is 0 Å². The highest BCUT2D eigenvalue weighted by Crippen LogP contribution is 2.17. The SMILES string of the molecule is CC/C=C\C/C=C\C/C=C\C/C=C\C/C=C\C/C=C\C/C=C\C/C=C\CCCCC(=O)OCC(COC(=O)CCCCCCCCC)OC(=O)CCCCCCCCCCCCCCCCCCCCCCCC. The topological polar surface area (TPSA) is 78.9 Å². The predicted molar refractivity (Wildman–Crippen MR) is 320 cm³/mol. The summed E-state index contributed by atoms with van der Waals surface area (Å²) in [6.45, 7) is 6.47. The molecule has 0 spiro atoms. The lowest BCUT2D eigenvalue weighted by Gasteiger charge is -2.18. The zero-order valence-electron chi connectivity index (χ0n) is 48.6. The van der Waals surface area contributed by atoms with Crippen LogP contribution in [0.1, 0.15) is 297 Å². The van der Waals surface area contributed by atoms with E-state index in [2.05, 4.69) is 118 Å². The summed E-state index contributed by atoms with van der Waals surface area (Å²) < 4.78 is 16.8. The van der Waals surface area contributed by atoms with Crippen molar-refractivity contribution in [1.29, 1.82) is 0 Å². The Balaban J connectivity index is 4.24. The third kappa shape index (κ3) is 59.2. The Morgan fingerprint density at radius 2 is 0.527 bits per heavy atom. The molecule has 0 aliphatic carbocycles. The maximum atomic E-state index is 12.8. The van der Waals surface area contributed by atoms with Crippen LogP contribution in [-0.4, -0.2) is 37.2 Å². The van der Waals surface area contributed by atoms with Gasteiger partial charge in [0.2, 0.25) is 0 Å². The van der Waals surface area contributed by atoms with E-state index < -0.39 is 6.10 Å². The van der Waals surface area contributed by atoms with Gasteiger partial charge in [-0.2, -0.15) is 0 Å². The first kappa shape index (κ1) is 70.3. The molecule has 0 saturated heterocycles. The minimum atomic E-state index is -0.792. The maximum absolute atomic E-state index is 12.8. The van der Waals surface area contributed by atoms with E-state index in [-0.39, 0.29) is 31.1 Å².